The van der Waals surface area contributed by atoms with Crippen LogP contribution in [0.2, 0.25) is 0 Å². The van der Waals surface area contributed by atoms with Crippen LogP contribution < -0.4 is 16.0 Å². The maximum atomic E-state index is 13.9. The van der Waals surface area contributed by atoms with Crippen molar-refractivity contribution in [3.05, 3.63) is 48.3 Å². The molecule has 0 aromatic carbocycles. The molecule has 222 valence electrons. The minimum Gasteiger partial charge on any atom is -0.384 e. The van der Waals surface area contributed by atoms with Gasteiger partial charge in [-0.25, -0.2) is 14.5 Å². The van der Waals surface area contributed by atoms with Crippen LogP contribution in [0, 0.1) is 5.41 Å². The van der Waals surface area contributed by atoms with E-state index in [1.54, 1.807) is 15.6 Å². The quantitative estimate of drug-likeness (QED) is 0.392. The summed E-state index contributed by atoms with van der Waals surface area (Å²) in [5.74, 6) is -0.350. The van der Waals surface area contributed by atoms with Gasteiger partial charge in [-0.15, -0.1) is 5.10 Å². The van der Waals surface area contributed by atoms with Gasteiger partial charge in [0, 0.05) is 58.2 Å². The summed E-state index contributed by atoms with van der Waals surface area (Å²) in [5, 5.41) is 6.97. The Labute approximate surface area is 238 Å². The van der Waals surface area contributed by atoms with Crippen molar-refractivity contribution in [2.75, 3.05) is 69.7 Å². The molecule has 0 unspecified atom stereocenters. The van der Waals surface area contributed by atoms with Crippen LogP contribution in [0.25, 0.3) is 16.9 Å². The third-order valence-corrected chi connectivity index (χ3v) is 7.87. The van der Waals surface area contributed by atoms with Gasteiger partial charge in [0.25, 0.3) is 0 Å². The maximum absolute atomic E-state index is 13.9. The van der Waals surface area contributed by atoms with Gasteiger partial charge in [0.15, 0.2) is 11.6 Å². The van der Waals surface area contributed by atoms with E-state index >= 15 is 0 Å². The molecule has 42 heavy (non-hydrogen) atoms. The SMILES string of the molecule is C=CC(=O)NCC(=O)N1CCN(Cc2cc3c(N4CC5(COC5)C4)nc(-c4cnc(N)cc4C(F)(F)F)nn3c2)CC1. The molecular formula is C27H30F3N9O3. The summed E-state index contributed by atoms with van der Waals surface area (Å²) in [6.07, 6.45) is -0.687. The Hall–Kier alpha value is -4.24. The zero-order valence-corrected chi connectivity index (χ0v) is 22.7. The van der Waals surface area contributed by atoms with E-state index in [2.05, 4.69) is 31.9 Å². The lowest BCUT2D eigenvalue weighted by molar-refractivity contribution is -0.137. The molecule has 0 saturated carbocycles. The number of amides is 2. The molecule has 0 radical (unpaired) electrons. The standard InChI is InChI=1S/C27H30F3N9O3/c1-2-22(40)33-10-23(41)37-5-3-36(4-6-37)11-17-7-20-25(38-13-26(14-38)15-42-16-26)34-24(35-39(20)12-17)18-9-32-21(31)8-19(18)27(28,29)30/h2,7-9,12H,1,3-6,10-11,13-16H2,(H2,31,32)(H,33,40). The highest BCUT2D eigenvalue weighted by atomic mass is 19.4. The van der Waals surface area contributed by atoms with Crippen LogP contribution in [0.15, 0.2) is 37.2 Å². The lowest BCUT2D eigenvalue weighted by Gasteiger charge is -2.55. The lowest BCUT2D eigenvalue weighted by Crippen LogP contribution is -2.66. The molecule has 3 aromatic heterocycles. The van der Waals surface area contributed by atoms with Gasteiger partial charge in [-0.3, -0.25) is 14.5 Å². The fourth-order valence-corrected chi connectivity index (χ4v) is 5.60. The number of nitrogens with two attached hydrogens (primary N) is 1. The average Bonchev–Trinajstić information content (AvgIpc) is 3.32. The molecule has 3 aromatic rings. The van der Waals surface area contributed by atoms with E-state index < -0.39 is 17.6 Å². The van der Waals surface area contributed by atoms with Crippen molar-refractivity contribution in [1.29, 1.82) is 0 Å². The molecule has 6 rings (SSSR count). The highest BCUT2D eigenvalue weighted by molar-refractivity contribution is 5.90. The summed E-state index contributed by atoms with van der Waals surface area (Å²) in [6, 6.07) is 2.75. The number of pyridine rings is 1. The fourth-order valence-electron chi connectivity index (χ4n) is 5.60. The van der Waals surface area contributed by atoms with Crippen LogP contribution >= 0.6 is 0 Å². The zero-order valence-electron chi connectivity index (χ0n) is 22.7. The average molecular weight is 586 g/mol. The van der Waals surface area contributed by atoms with Gasteiger partial charge in [-0.1, -0.05) is 6.58 Å². The number of aromatic nitrogens is 4. The van der Waals surface area contributed by atoms with Crippen molar-refractivity contribution in [3.8, 4) is 11.4 Å². The first-order valence-corrected chi connectivity index (χ1v) is 13.5. The van der Waals surface area contributed by atoms with Gasteiger partial charge in [0.05, 0.1) is 36.3 Å². The molecule has 3 aliphatic heterocycles. The minimum absolute atomic E-state index is 0.0585. The van der Waals surface area contributed by atoms with Gasteiger partial charge >= 0.3 is 6.18 Å². The molecule has 3 fully saturated rings. The van der Waals surface area contributed by atoms with Gasteiger partial charge in [0.1, 0.15) is 11.3 Å². The van der Waals surface area contributed by atoms with E-state index in [-0.39, 0.29) is 35.1 Å². The Kier molecular flexibility index (Phi) is 7.01. The van der Waals surface area contributed by atoms with E-state index in [1.165, 1.54) is 0 Å². The van der Waals surface area contributed by atoms with E-state index in [4.69, 9.17) is 10.5 Å². The Bertz CT molecular complexity index is 1540. The number of nitrogens with zero attached hydrogens (tertiary/aromatic N) is 7. The van der Waals surface area contributed by atoms with Crippen molar-refractivity contribution in [3.63, 3.8) is 0 Å². The number of piperazine rings is 1. The summed E-state index contributed by atoms with van der Waals surface area (Å²) in [4.78, 5) is 38.2. The maximum Gasteiger partial charge on any atom is 0.417 e. The molecule has 6 heterocycles. The van der Waals surface area contributed by atoms with Crippen LogP contribution in [0.1, 0.15) is 11.1 Å². The van der Waals surface area contributed by atoms with Crippen molar-refractivity contribution in [2.24, 2.45) is 5.41 Å². The smallest absolute Gasteiger partial charge is 0.384 e. The normalized spacial score (nSPS) is 18.5. The Balaban J connectivity index is 1.24. The number of hydrogen-bond donors (Lipinski definition) is 2. The first-order chi connectivity index (χ1) is 20.0. The predicted octanol–water partition coefficient (Wildman–Crippen LogP) is 1.18. The number of anilines is 2. The number of nitrogens with one attached hydrogen (secondary N) is 1. The van der Waals surface area contributed by atoms with E-state index in [0.29, 0.717) is 70.4 Å². The number of hydrogen-bond acceptors (Lipinski definition) is 9. The van der Waals surface area contributed by atoms with Gasteiger partial charge in [0.2, 0.25) is 11.8 Å². The molecule has 3 N–H and O–H groups in total. The number of ether oxygens (including phenoxy) is 1. The third kappa shape index (κ3) is 5.36. The molecule has 3 saturated heterocycles. The molecular weight excluding hydrogens is 555 g/mol. The first kappa shape index (κ1) is 27.9. The minimum atomic E-state index is -4.67. The van der Waals surface area contributed by atoms with Gasteiger partial charge < -0.3 is 25.6 Å². The molecule has 0 aliphatic carbocycles. The molecule has 2 amide bonds. The number of fused-ring (bicyclic) bond motifs is 1. The molecule has 3 aliphatic rings. The van der Waals surface area contributed by atoms with Gasteiger partial charge in [-0.05, 0) is 23.8 Å². The van der Waals surface area contributed by atoms with Crippen LogP contribution in [0.4, 0.5) is 24.8 Å². The molecule has 1 spiro atoms. The summed E-state index contributed by atoms with van der Waals surface area (Å²) in [6.45, 7) is 8.80. The zero-order chi connectivity index (χ0) is 29.6. The second-order valence-electron chi connectivity index (χ2n) is 11.0. The largest absolute Gasteiger partial charge is 0.417 e. The summed E-state index contributed by atoms with van der Waals surface area (Å²) in [5.41, 5.74) is 6.04. The first-order valence-electron chi connectivity index (χ1n) is 13.5. The third-order valence-electron chi connectivity index (χ3n) is 7.87. The summed E-state index contributed by atoms with van der Waals surface area (Å²) >= 11 is 0. The van der Waals surface area contributed by atoms with Crippen LogP contribution in [-0.4, -0.2) is 100 Å². The van der Waals surface area contributed by atoms with Gasteiger partial charge in [-0.2, -0.15) is 13.2 Å². The summed E-state index contributed by atoms with van der Waals surface area (Å²) in [7, 11) is 0. The van der Waals surface area contributed by atoms with Crippen LogP contribution in [-0.2, 0) is 27.0 Å². The topological polar surface area (TPSA) is 134 Å². The van der Waals surface area contributed by atoms with Crippen molar-refractivity contribution in [1.82, 2.24) is 34.7 Å². The monoisotopic (exact) mass is 585 g/mol. The molecule has 0 bridgehead atoms. The number of carbonyl (C=O) groups is 2. The number of nitrogen functional groups attached to an aromatic ring is 1. The highest BCUT2D eigenvalue weighted by Crippen LogP contribution is 2.42. The Morgan fingerprint density at radius 1 is 1.17 bits per heavy atom. The number of carbonyl (C=O) groups excluding carboxylic acids is 2. The van der Waals surface area contributed by atoms with Crippen LogP contribution in [0.3, 0.4) is 0 Å². The highest BCUT2D eigenvalue weighted by Gasteiger charge is 2.50. The van der Waals surface area contributed by atoms with E-state index in [0.717, 1.165) is 23.9 Å². The van der Waals surface area contributed by atoms with Crippen molar-refractivity contribution >= 4 is 29.0 Å². The van der Waals surface area contributed by atoms with Crippen LogP contribution in [0.5, 0.6) is 0 Å². The lowest BCUT2D eigenvalue weighted by atomic mass is 9.78. The second kappa shape index (κ2) is 10.5. The number of halogens is 3. The van der Waals surface area contributed by atoms with E-state index in [9.17, 15) is 22.8 Å². The molecule has 12 nitrogen and oxygen atoms in total. The predicted molar refractivity (Wildman–Crippen MR) is 146 cm³/mol. The van der Waals surface area contributed by atoms with Crippen molar-refractivity contribution in [2.45, 2.75) is 12.7 Å². The number of alkyl halides is 3. The molecule has 15 heteroatoms. The Morgan fingerprint density at radius 2 is 1.90 bits per heavy atom. The van der Waals surface area contributed by atoms with E-state index in [1.807, 2.05) is 11.0 Å². The fraction of sp³-hybridized carbons (Fsp3) is 0.444. The van der Waals surface area contributed by atoms with Crippen molar-refractivity contribution < 1.29 is 27.5 Å². The summed E-state index contributed by atoms with van der Waals surface area (Å²) < 4.78 is 48.8. The Morgan fingerprint density at radius 3 is 2.55 bits per heavy atom. The second-order valence-corrected chi connectivity index (χ2v) is 11.0. The molecule has 0 atom stereocenters. The number of rotatable bonds is 7.